The van der Waals surface area contributed by atoms with Crippen LogP contribution in [0.5, 0.6) is 0 Å². The molecule has 2 aromatic rings. The molecule has 0 fully saturated rings. The molecular formula is C16H25N5OS2. The highest BCUT2D eigenvalue weighted by atomic mass is 32.2. The third kappa shape index (κ3) is 5.04. The lowest BCUT2D eigenvalue weighted by atomic mass is 10.1. The minimum atomic E-state index is -0.0328. The van der Waals surface area contributed by atoms with E-state index < -0.39 is 0 Å². The molecule has 0 aromatic carbocycles. The number of nitrogens with one attached hydrogen (secondary N) is 1. The molecule has 24 heavy (non-hydrogen) atoms. The molecular weight excluding hydrogens is 342 g/mol. The van der Waals surface area contributed by atoms with Crippen LogP contribution < -0.4 is 5.32 Å². The van der Waals surface area contributed by atoms with Gasteiger partial charge in [-0.05, 0) is 37.5 Å². The lowest BCUT2D eigenvalue weighted by Crippen LogP contribution is -2.13. The van der Waals surface area contributed by atoms with Gasteiger partial charge in [0, 0.05) is 18.7 Å². The second-order valence-electron chi connectivity index (χ2n) is 6.08. The molecule has 0 bridgehead atoms. The van der Waals surface area contributed by atoms with Crippen molar-refractivity contribution in [2.24, 2.45) is 5.92 Å². The third-order valence-corrected chi connectivity index (χ3v) is 5.45. The van der Waals surface area contributed by atoms with E-state index in [2.05, 4.69) is 48.3 Å². The molecule has 0 aliphatic rings. The van der Waals surface area contributed by atoms with E-state index in [-0.39, 0.29) is 5.91 Å². The summed E-state index contributed by atoms with van der Waals surface area (Å²) < 4.78 is 2.93. The lowest BCUT2D eigenvalue weighted by Gasteiger charge is -2.08. The fraction of sp³-hybridized carbons (Fsp3) is 0.625. The predicted octanol–water partition coefficient (Wildman–Crippen LogP) is 3.69. The molecule has 0 saturated carbocycles. The molecule has 2 aromatic heterocycles. The highest BCUT2D eigenvalue weighted by Crippen LogP contribution is 2.25. The third-order valence-electron chi connectivity index (χ3n) is 3.59. The maximum atomic E-state index is 12.2. The molecule has 2 heterocycles. The zero-order chi connectivity index (χ0) is 17.7. The first-order valence-electron chi connectivity index (χ1n) is 8.19. The van der Waals surface area contributed by atoms with Gasteiger partial charge in [0.1, 0.15) is 0 Å². The first kappa shape index (κ1) is 18.9. The number of carbonyl (C=O) groups excluding carboxylic acids is 1. The molecule has 2 rings (SSSR count). The van der Waals surface area contributed by atoms with Crippen LogP contribution in [0, 0.1) is 19.8 Å². The summed E-state index contributed by atoms with van der Waals surface area (Å²) >= 11 is 3.04. The van der Waals surface area contributed by atoms with Gasteiger partial charge in [-0.25, -0.2) is 0 Å². The average Bonchev–Trinajstić information content (AvgIpc) is 3.03. The number of carbonyl (C=O) groups is 1. The Hall–Kier alpha value is -1.41. The smallest absolute Gasteiger partial charge is 0.226 e. The van der Waals surface area contributed by atoms with Crippen LogP contribution >= 0.6 is 23.1 Å². The fourth-order valence-corrected chi connectivity index (χ4v) is 4.15. The van der Waals surface area contributed by atoms with E-state index in [4.69, 9.17) is 0 Å². The zero-order valence-electron chi connectivity index (χ0n) is 14.9. The van der Waals surface area contributed by atoms with Gasteiger partial charge in [0.15, 0.2) is 4.34 Å². The summed E-state index contributed by atoms with van der Waals surface area (Å²) in [6, 6.07) is 0. The second kappa shape index (κ2) is 8.62. The number of amides is 1. The van der Waals surface area contributed by atoms with Crippen LogP contribution in [-0.4, -0.2) is 31.6 Å². The van der Waals surface area contributed by atoms with Crippen LogP contribution in [0.25, 0.3) is 0 Å². The van der Waals surface area contributed by atoms with E-state index in [0.717, 1.165) is 28.0 Å². The van der Waals surface area contributed by atoms with Gasteiger partial charge < -0.3 is 5.32 Å². The summed E-state index contributed by atoms with van der Waals surface area (Å²) in [5, 5.41) is 16.0. The van der Waals surface area contributed by atoms with Crippen molar-refractivity contribution in [3.05, 3.63) is 17.0 Å². The van der Waals surface area contributed by atoms with Gasteiger partial charge >= 0.3 is 0 Å². The van der Waals surface area contributed by atoms with Crippen molar-refractivity contribution in [2.75, 3.05) is 11.1 Å². The van der Waals surface area contributed by atoms with E-state index in [1.807, 2.05) is 11.6 Å². The molecule has 0 radical (unpaired) electrons. The van der Waals surface area contributed by atoms with Crippen molar-refractivity contribution in [1.29, 1.82) is 0 Å². The van der Waals surface area contributed by atoms with E-state index in [1.165, 1.54) is 16.9 Å². The van der Waals surface area contributed by atoms with Crippen LogP contribution in [0.1, 0.15) is 44.1 Å². The van der Waals surface area contributed by atoms with E-state index in [1.54, 1.807) is 11.8 Å². The van der Waals surface area contributed by atoms with Crippen LogP contribution in [-0.2, 0) is 17.8 Å². The van der Waals surface area contributed by atoms with Crippen LogP contribution in [0.2, 0.25) is 0 Å². The van der Waals surface area contributed by atoms with Crippen molar-refractivity contribution in [1.82, 2.24) is 20.0 Å². The van der Waals surface area contributed by atoms with Gasteiger partial charge in [-0.1, -0.05) is 43.9 Å². The molecule has 8 heteroatoms. The maximum Gasteiger partial charge on any atom is 0.226 e. The molecule has 0 saturated heterocycles. The first-order chi connectivity index (χ1) is 11.4. The second-order valence-corrected chi connectivity index (χ2v) is 8.57. The molecule has 6 nitrogen and oxygen atoms in total. The summed E-state index contributed by atoms with van der Waals surface area (Å²) in [6.45, 7) is 11.4. The quantitative estimate of drug-likeness (QED) is 0.569. The summed E-state index contributed by atoms with van der Waals surface area (Å²) in [6.07, 6.45) is 1.11. The van der Waals surface area contributed by atoms with Crippen molar-refractivity contribution in [2.45, 2.75) is 58.3 Å². The minimum absolute atomic E-state index is 0.0328. The largest absolute Gasteiger partial charge is 0.300 e. The standard InChI is InChI=1S/C16H25N5OS2/c1-6-23-16-19-18-15(24-16)17-14(22)8-7-13-11(4)20-21(12(13)5)9-10(2)3/h10H,6-9H2,1-5H3,(H,17,18,22). The summed E-state index contributed by atoms with van der Waals surface area (Å²) in [5.41, 5.74) is 3.34. The first-order valence-corrected chi connectivity index (χ1v) is 10.00. The number of rotatable bonds is 8. The Kier molecular flexibility index (Phi) is 6.79. The Morgan fingerprint density at radius 2 is 2.08 bits per heavy atom. The molecule has 132 valence electrons. The Morgan fingerprint density at radius 1 is 1.33 bits per heavy atom. The fourth-order valence-electron chi connectivity index (χ4n) is 2.48. The molecule has 0 atom stereocenters. The van der Waals surface area contributed by atoms with Crippen LogP contribution in [0.3, 0.4) is 0 Å². The van der Waals surface area contributed by atoms with Gasteiger partial charge in [0.05, 0.1) is 5.69 Å². The number of thioether (sulfide) groups is 1. The number of hydrogen-bond donors (Lipinski definition) is 1. The average molecular weight is 368 g/mol. The van der Waals surface area contributed by atoms with E-state index >= 15 is 0 Å². The normalized spacial score (nSPS) is 11.2. The van der Waals surface area contributed by atoms with Crippen LogP contribution in [0.15, 0.2) is 4.34 Å². The Morgan fingerprint density at radius 3 is 2.75 bits per heavy atom. The Labute approximate surface area is 151 Å². The van der Waals surface area contributed by atoms with E-state index in [0.29, 0.717) is 23.9 Å². The van der Waals surface area contributed by atoms with Gasteiger partial charge in [0.2, 0.25) is 11.0 Å². The van der Waals surface area contributed by atoms with Crippen molar-refractivity contribution >= 4 is 34.1 Å². The summed E-state index contributed by atoms with van der Waals surface area (Å²) in [7, 11) is 0. The van der Waals surface area contributed by atoms with Crippen molar-refractivity contribution in [3.63, 3.8) is 0 Å². The minimum Gasteiger partial charge on any atom is -0.300 e. The molecule has 1 N–H and O–H groups in total. The Bertz CT molecular complexity index is 693. The van der Waals surface area contributed by atoms with Crippen molar-refractivity contribution < 1.29 is 4.79 Å². The molecule has 0 aliphatic carbocycles. The number of nitrogens with zero attached hydrogens (tertiary/aromatic N) is 4. The molecule has 0 aliphatic heterocycles. The zero-order valence-corrected chi connectivity index (χ0v) is 16.6. The van der Waals surface area contributed by atoms with Crippen molar-refractivity contribution in [3.8, 4) is 0 Å². The van der Waals surface area contributed by atoms with Crippen LogP contribution in [0.4, 0.5) is 5.13 Å². The number of anilines is 1. The molecule has 1 amide bonds. The number of aryl methyl sites for hydroxylation is 1. The highest BCUT2D eigenvalue weighted by molar-refractivity contribution is 8.01. The topological polar surface area (TPSA) is 72.7 Å². The number of hydrogen-bond acceptors (Lipinski definition) is 6. The van der Waals surface area contributed by atoms with Gasteiger partial charge in [-0.15, -0.1) is 10.2 Å². The SMILES string of the molecule is CCSc1nnc(NC(=O)CCc2c(C)nn(CC(C)C)c2C)s1. The van der Waals surface area contributed by atoms with Gasteiger partial charge in [-0.3, -0.25) is 9.48 Å². The van der Waals surface area contributed by atoms with Gasteiger partial charge in [-0.2, -0.15) is 5.10 Å². The molecule has 0 unspecified atom stereocenters. The maximum absolute atomic E-state index is 12.2. The summed E-state index contributed by atoms with van der Waals surface area (Å²) in [4.78, 5) is 12.2. The van der Waals surface area contributed by atoms with E-state index in [9.17, 15) is 4.79 Å². The lowest BCUT2D eigenvalue weighted by molar-refractivity contribution is -0.116. The monoisotopic (exact) mass is 367 g/mol. The van der Waals surface area contributed by atoms with Gasteiger partial charge in [0.25, 0.3) is 0 Å². The highest BCUT2D eigenvalue weighted by Gasteiger charge is 2.14. The molecule has 0 spiro atoms. The Balaban J connectivity index is 1.92. The summed E-state index contributed by atoms with van der Waals surface area (Å²) in [5.74, 6) is 1.46. The predicted molar refractivity (Wildman–Crippen MR) is 99.8 cm³/mol. The number of aromatic nitrogens is 4.